The van der Waals surface area contributed by atoms with E-state index in [1.807, 2.05) is 0 Å². The van der Waals surface area contributed by atoms with Crippen molar-refractivity contribution in [2.75, 3.05) is 39.3 Å². The third-order valence-corrected chi connectivity index (χ3v) is 4.04. The molecule has 5 nitrogen and oxygen atoms in total. The minimum atomic E-state index is -0.230. The van der Waals surface area contributed by atoms with Crippen molar-refractivity contribution in [1.82, 2.24) is 15.1 Å². The van der Waals surface area contributed by atoms with Gasteiger partial charge in [-0.3, -0.25) is 9.69 Å². The van der Waals surface area contributed by atoms with Crippen LogP contribution in [-0.4, -0.2) is 66.6 Å². The van der Waals surface area contributed by atoms with E-state index in [2.05, 4.69) is 42.8 Å². The highest BCUT2D eigenvalue weighted by Gasteiger charge is 2.26. The molecule has 1 unspecified atom stereocenters. The summed E-state index contributed by atoms with van der Waals surface area (Å²) in [5, 5.41) is 3.23. The third kappa shape index (κ3) is 5.77. The second kappa shape index (κ2) is 7.96. The lowest BCUT2D eigenvalue weighted by atomic mass is 10.0. The molecule has 5 heteroatoms. The van der Waals surface area contributed by atoms with Crippen LogP contribution in [0.1, 0.15) is 40.5 Å². The summed E-state index contributed by atoms with van der Waals surface area (Å²) in [6.45, 7) is 15.1. The fourth-order valence-corrected chi connectivity index (χ4v) is 2.62. The molecule has 1 amide bonds. The number of hydrogen-bond donors (Lipinski definition) is 2. The topological polar surface area (TPSA) is 61.6 Å². The molecule has 1 aliphatic rings. The van der Waals surface area contributed by atoms with Gasteiger partial charge in [-0.25, -0.2) is 0 Å². The van der Waals surface area contributed by atoms with Crippen LogP contribution in [0.5, 0.6) is 0 Å². The molecule has 0 radical (unpaired) electrons. The molecule has 0 aliphatic carbocycles. The lowest BCUT2D eigenvalue weighted by Gasteiger charge is -2.42. The number of amides is 1. The van der Waals surface area contributed by atoms with Crippen LogP contribution >= 0.6 is 0 Å². The van der Waals surface area contributed by atoms with Crippen LogP contribution < -0.4 is 11.1 Å². The van der Waals surface area contributed by atoms with Gasteiger partial charge in [-0.1, -0.05) is 6.92 Å². The van der Waals surface area contributed by atoms with Crippen molar-refractivity contribution >= 4 is 5.91 Å². The van der Waals surface area contributed by atoms with E-state index < -0.39 is 0 Å². The maximum atomic E-state index is 11.4. The quantitative estimate of drug-likeness (QED) is 0.720. The fraction of sp³-hybridized carbons (Fsp3) is 0.933. The molecule has 1 rings (SSSR count). The number of piperazine rings is 1. The first-order chi connectivity index (χ1) is 9.34. The normalized spacial score (nSPS) is 20.0. The third-order valence-electron chi connectivity index (χ3n) is 4.04. The second-order valence-corrected chi connectivity index (χ2v) is 6.70. The molecular formula is C15H32N4O. The molecule has 0 aromatic rings. The smallest absolute Gasteiger partial charge is 0.234 e. The number of rotatable bonds is 7. The van der Waals surface area contributed by atoms with Gasteiger partial charge in [0.25, 0.3) is 0 Å². The lowest BCUT2D eigenvalue weighted by Crippen LogP contribution is -2.54. The van der Waals surface area contributed by atoms with E-state index in [0.29, 0.717) is 0 Å². The van der Waals surface area contributed by atoms with Gasteiger partial charge in [-0.15, -0.1) is 0 Å². The van der Waals surface area contributed by atoms with E-state index in [0.717, 1.165) is 52.1 Å². The van der Waals surface area contributed by atoms with E-state index in [1.165, 1.54) is 0 Å². The van der Waals surface area contributed by atoms with Crippen molar-refractivity contribution in [3.05, 3.63) is 0 Å². The van der Waals surface area contributed by atoms with Crippen LogP contribution in [0.4, 0.5) is 0 Å². The summed E-state index contributed by atoms with van der Waals surface area (Å²) in [7, 11) is 0. The fourth-order valence-electron chi connectivity index (χ4n) is 2.62. The van der Waals surface area contributed by atoms with Crippen LogP contribution in [0.25, 0.3) is 0 Å². The predicted octanol–water partition coefficient (Wildman–Crippen LogP) is 0.646. The number of nitrogens with one attached hydrogen (secondary N) is 1. The van der Waals surface area contributed by atoms with Gasteiger partial charge >= 0.3 is 0 Å². The van der Waals surface area contributed by atoms with E-state index in [1.54, 1.807) is 0 Å². The lowest BCUT2D eigenvalue weighted by molar-refractivity contribution is -0.120. The highest BCUT2D eigenvalue weighted by atomic mass is 16.1. The molecule has 0 saturated carbocycles. The molecule has 1 heterocycles. The van der Waals surface area contributed by atoms with Gasteiger partial charge in [0.2, 0.25) is 5.91 Å². The van der Waals surface area contributed by atoms with Gasteiger partial charge in [-0.05, 0) is 40.2 Å². The molecule has 0 bridgehead atoms. The molecule has 118 valence electrons. The van der Waals surface area contributed by atoms with Crippen molar-refractivity contribution in [2.45, 2.75) is 52.1 Å². The van der Waals surface area contributed by atoms with Crippen molar-refractivity contribution < 1.29 is 4.79 Å². The first kappa shape index (κ1) is 17.4. The number of carbonyl (C=O) groups excluding carboxylic acids is 1. The number of primary amides is 1. The number of hydrogen-bond acceptors (Lipinski definition) is 4. The molecule has 1 saturated heterocycles. The minimum Gasteiger partial charge on any atom is -0.368 e. The maximum Gasteiger partial charge on any atom is 0.234 e. The minimum absolute atomic E-state index is 0.185. The van der Waals surface area contributed by atoms with Crippen LogP contribution in [0.2, 0.25) is 0 Å². The molecule has 1 atom stereocenters. The molecule has 3 N–H and O–H groups in total. The molecule has 0 spiro atoms. The van der Waals surface area contributed by atoms with Gasteiger partial charge in [0.15, 0.2) is 0 Å². The number of carbonyl (C=O) groups is 1. The first-order valence-electron chi connectivity index (χ1n) is 7.84. The van der Waals surface area contributed by atoms with Gasteiger partial charge in [0.1, 0.15) is 0 Å². The predicted molar refractivity (Wildman–Crippen MR) is 83.7 cm³/mol. The van der Waals surface area contributed by atoms with Crippen LogP contribution in [0.15, 0.2) is 0 Å². The van der Waals surface area contributed by atoms with E-state index in [-0.39, 0.29) is 17.5 Å². The van der Waals surface area contributed by atoms with Crippen molar-refractivity contribution in [1.29, 1.82) is 0 Å². The summed E-state index contributed by atoms with van der Waals surface area (Å²) in [5.41, 5.74) is 5.70. The Hall–Kier alpha value is -0.650. The Kier molecular flexibility index (Phi) is 6.92. The Labute approximate surface area is 123 Å². The van der Waals surface area contributed by atoms with Gasteiger partial charge in [-0.2, -0.15) is 0 Å². The van der Waals surface area contributed by atoms with Gasteiger partial charge in [0, 0.05) is 38.3 Å². The second-order valence-electron chi connectivity index (χ2n) is 6.70. The van der Waals surface area contributed by atoms with Crippen LogP contribution in [0, 0.1) is 0 Å². The number of nitrogens with two attached hydrogens (primary N) is 1. The average Bonchev–Trinajstić information content (AvgIpc) is 2.38. The Morgan fingerprint density at radius 2 is 1.85 bits per heavy atom. The van der Waals surface area contributed by atoms with Gasteiger partial charge < -0.3 is 16.0 Å². The Morgan fingerprint density at radius 1 is 1.25 bits per heavy atom. The SMILES string of the molecule is CCCNC(CCN1CCN(C(C)(C)C)CC1)C(N)=O. The Morgan fingerprint density at radius 3 is 2.30 bits per heavy atom. The summed E-state index contributed by atoms with van der Waals surface area (Å²) in [5.74, 6) is -0.230. The van der Waals surface area contributed by atoms with Crippen molar-refractivity contribution in [3.8, 4) is 0 Å². The molecular weight excluding hydrogens is 252 g/mol. The zero-order chi connectivity index (χ0) is 15.2. The monoisotopic (exact) mass is 284 g/mol. The first-order valence-corrected chi connectivity index (χ1v) is 7.84. The largest absolute Gasteiger partial charge is 0.368 e. The molecule has 20 heavy (non-hydrogen) atoms. The van der Waals surface area contributed by atoms with Gasteiger partial charge in [0.05, 0.1) is 6.04 Å². The summed E-state index contributed by atoms with van der Waals surface area (Å²) in [4.78, 5) is 16.3. The van der Waals surface area contributed by atoms with Crippen molar-refractivity contribution in [2.24, 2.45) is 5.73 Å². The average molecular weight is 284 g/mol. The maximum absolute atomic E-state index is 11.4. The summed E-state index contributed by atoms with van der Waals surface area (Å²) < 4.78 is 0. The zero-order valence-electron chi connectivity index (χ0n) is 13.6. The zero-order valence-corrected chi connectivity index (χ0v) is 13.6. The molecule has 0 aromatic heterocycles. The summed E-state index contributed by atoms with van der Waals surface area (Å²) in [6, 6.07) is -0.185. The van der Waals surface area contributed by atoms with E-state index in [4.69, 9.17) is 5.73 Å². The van der Waals surface area contributed by atoms with E-state index >= 15 is 0 Å². The molecule has 0 aromatic carbocycles. The summed E-state index contributed by atoms with van der Waals surface area (Å²) in [6.07, 6.45) is 1.83. The molecule has 1 fully saturated rings. The Bertz CT molecular complexity index is 293. The summed E-state index contributed by atoms with van der Waals surface area (Å²) >= 11 is 0. The van der Waals surface area contributed by atoms with Crippen LogP contribution in [0.3, 0.4) is 0 Å². The van der Waals surface area contributed by atoms with Crippen LogP contribution in [-0.2, 0) is 4.79 Å². The highest BCUT2D eigenvalue weighted by molar-refractivity contribution is 5.79. The molecule has 1 aliphatic heterocycles. The highest BCUT2D eigenvalue weighted by Crippen LogP contribution is 2.15. The van der Waals surface area contributed by atoms with Crippen molar-refractivity contribution in [3.63, 3.8) is 0 Å². The number of nitrogens with zero attached hydrogens (tertiary/aromatic N) is 2. The van der Waals surface area contributed by atoms with E-state index in [9.17, 15) is 4.79 Å². The standard InChI is InChI=1S/C15H32N4O/c1-5-7-17-13(14(16)20)6-8-18-9-11-19(12-10-18)15(2,3)4/h13,17H,5-12H2,1-4H3,(H2,16,20). The Balaban J connectivity index is 2.30.